The summed E-state index contributed by atoms with van der Waals surface area (Å²) in [6.07, 6.45) is 0. The fourth-order valence-electron chi connectivity index (χ4n) is 7.31. The molecule has 10 rings (SSSR count). The van der Waals surface area contributed by atoms with Gasteiger partial charge in [0.05, 0.1) is 0 Å². The summed E-state index contributed by atoms with van der Waals surface area (Å²) in [4.78, 5) is 15.5. The zero-order valence-electron chi connectivity index (χ0n) is 26.3. The molecule has 49 heavy (non-hydrogen) atoms. The van der Waals surface area contributed by atoms with Gasteiger partial charge in [0, 0.05) is 32.8 Å². The van der Waals surface area contributed by atoms with Gasteiger partial charge in [0.1, 0.15) is 11.2 Å². The maximum absolute atomic E-state index is 6.34. The molecule has 8 aromatic carbocycles. The lowest BCUT2D eigenvalue weighted by molar-refractivity contribution is 0.669. The van der Waals surface area contributed by atoms with Crippen molar-refractivity contribution in [1.82, 2.24) is 15.0 Å². The molecule has 4 nitrogen and oxygen atoms in total. The molecule has 2 heterocycles. The van der Waals surface area contributed by atoms with E-state index in [0.717, 1.165) is 65.9 Å². The molecule has 4 heteroatoms. The van der Waals surface area contributed by atoms with E-state index in [-0.39, 0.29) is 0 Å². The molecule has 10 aromatic rings. The van der Waals surface area contributed by atoms with Crippen molar-refractivity contribution in [2.45, 2.75) is 0 Å². The smallest absolute Gasteiger partial charge is 0.164 e. The van der Waals surface area contributed by atoms with Crippen LogP contribution in [0.3, 0.4) is 0 Å². The third-order valence-corrected chi connectivity index (χ3v) is 9.50. The molecule has 0 saturated heterocycles. The lowest BCUT2D eigenvalue weighted by Gasteiger charge is -2.17. The number of furan rings is 1. The Bertz CT molecular complexity index is 2820. The minimum atomic E-state index is 0.629. The van der Waals surface area contributed by atoms with Crippen LogP contribution in [0.15, 0.2) is 168 Å². The van der Waals surface area contributed by atoms with Gasteiger partial charge in [-0.05, 0) is 62.3 Å². The standard InChI is InChI=1S/C45H27N3O/c1-3-14-28(15-4-1)43-46-44(29-16-5-2-6-17-29)48-45(47-43)38-27-30(31-23-13-25-40-42(31)36-22-11-12-24-39(36)49-40)26-37-34-20-8-7-18-32(34)33-19-9-10-21-35(33)41(37)38/h1-27H. The molecule has 228 valence electrons. The van der Waals surface area contributed by atoms with Gasteiger partial charge in [-0.15, -0.1) is 0 Å². The molecule has 0 amide bonds. The third-order valence-electron chi connectivity index (χ3n) is 9.50. The van der Waals surface area contributed by atoms with Gasteiger partial charge >= 0.3 is 0 Å². The van der Waals surface area contributed by atoms with E-state index in [2.05, 4.69) is 109 Å². The van der Waals surface area contributed by atoms with Crippen LogP contribution in [0.4, 0.5) is 0 Å². The van der Waals surface area contributed by atoms with Crippen molar-refractivity contribution in [3.05, 3.63) is 164 Å². The molecule has 2 aromatic heterocycles. The monoisotopic (exact) mass is 625 g/mol. The van der Waals surface area contributed by atoms with E-state index in [1.807, 2.05) is 54.6 Å². The second-order valence-corrected chi connectivity index (χ2v) is 12.4. The number of hydrogen-bond donors (Lipinski definition) is 0. The summed E-state index contributed by atoms with van der Waals surface area (Å²) < 4.78 is 6.34. The van der Waals surface area contributed by atoms with E-state index in [0.29, 0.717) is 17.5 Å². The third kappa shape index (κ3) is 4.42. The van der Waals surface area contributed by atoms with Crippen LogP contribution in [-0.2, 0) is 0 Å². The van der Waals surface area contributed by atoms with Crippen LogP contribution in [0.25, 0.3) is 99.5 Å². The maximum Gasteiger partial charge on any atom is 0.164 e. The van der Waals surface area contributed by atoms with Crippen LogP contribution in [0, 0.1) is 0 Å². The molecular weight excluding hydrogens is 599 g/mol. The molecule has 0 bridgehead atoms. The Morgan fingerprint density at radius 2 is 0.816 bits per heavy atom. The number of para-hydroxylation sites is 1. The fraction of sp³-hybridized carbons (Fsp3) is 0. The molecule has 0 aliphatic heterocycles. The SMILES string of the molecule is c1ccc(-c2nc(-c3ccccc3)nc(-c3cc(-c4cccc5oc6ccccc6c45)cc4c5ccccc5c5ccccc5c34)n2)cc1. The van der Waals surface area contributed by atoms with Gasteiger partial charge in [-0.25, -0.2) is 15.0 Å². The van der Waals surface area contributed by atoms with Crippen LogP contribution >= 0.6 is 0 Å². The first-order valence-electron chi connectivity index (χ1n) is 16.5. The van der Waals surface area contributed by atoms with E-state index >= 15 is 0 Å². The minimum absolute atomic E-state index is 0.629. The lowest BCUT2D eigenvalue weighted by atomic mass is 9.88. The summed E-state index contributed by atoms with van der Waals surface area (Å²) in [6, 6.07) is 56.8. The van der Waals surface area contributed by atoms with Crippen molar-refractivity contribution in [3.8, 4) is 45.3 Å². The molecular formula is C45H27N3O. The molecule has 0 N–H and O–H groups in total. The summed E-state index contributed by atoms with van der Waals surface area (Å²) in [6.45, 7) is 0. The number of aromatic nitrogens is 3. The van der Waals surface area contributed by atoms with Crippen molar-refractivity contribution in [3.63, 3.8) is 0 Å². The van der Waals surface area contributed by atoms with E-state index in [4.69, 9.17) is 19.4 Å². The number of fused-ring (bicyclic) bond motifs is 9. The van der Waals surface area contributed by atoms with E-state index < -0.39 is 0 Å². The summed E-state index contributed by atoms with van der Waals surface area (Å²) >= 11 is 0. The van der Waals surface area contributed by atoms with E-state index in [1.54, 1.807) is 0 Å². The first-order valence-corrected chi connectivity index (χ1v) is 16.5. The zero-order valence-corrected chi connectivity index (χ0v) is 26.3. The summed E-state index contributed by atoms with van der Waals surface area (Å²) in [5.74, 6) is 1.90. The normalized spacial score (nSPS) is 11.7. The number of rotatable bonds is 4. The van der Waals surface area contributed by atoms with Crippen LogP contribution in [-0.4, -0.2) is 15.0 Å². The van der Waals surface area contributed by atoms with Gasteiger partial charge in [0.2, 0.25) is 0 Å². The number of benzene rings is 8. The van der Waals surface area contributed by atoms with Crippen molar-refractivity contribution >= 4 is 54.3 Å². The highest BCUT2D eigenvalue weighted by Crippen LogP contribution is 2.44. The van der Waals surface area contributed by atoms with Gasteiger partial charge in [0.15, 0.2) is 17.5 Å². The number of hydrogen-bond acceptors (Lipinski definition) is 4. The first-order chi connectivity index (χ1) is 24.3. The highest BCUT2D eigenvalue weighted by Gasteiger charge is 2.21. The van der Waals surface area contributed by atoms with Gasteiger partial charge < -0.3 is 4.42 Å². The van der Waals surface area contributed by atoms with Gasteiger partial charge in [-0.1, -0.05) is 140 Å². The predicted molar refractivity (Wildman–Crippen MR) is 201 cm³/mol. The van der Waals surface area contributed by atoms with Gasteiger partial charge in [-0.2, -0.15) is 0 Å². The second-order valence-electron chi connectivity index (χ2n) is 12.4. The average molecular weight is 626 g/mol. The number of nitrogens with zero attached hydrogens (tertiary/aromatic N) is 3. The molecule has 0 atom stereocenters. The van der Waals surface area contributed by atoms with Crippen molar-refractivity contribution in [2.75, 3.05) is 0 Å². The quantitative estimate of drug-likeness (QED) is 0.183. The second kappa shape index (κ2) is 11.0. The summed E-state index contributed by atoms with van der Waals surface area (Å²) in [5.41, 5.74) is 6.74. The highest BCUT2D eigenvalue weighted by molar-refractivity contribution is 6.29. The maximum atomic E-state index is 6.34. The fourth-order valence-corrected chi connectivity index (χ4v) is 7.31. The lowest BCUT2D eigenvalue weighted by Crippen LogP contribution is -2.01. The van der Waals surface area contributed by atoms with Crippen molar-refractivity contribution in [2.24, 2.45) is 0 Å². The minimum Gasteiger partial charge on any atom is -0.456 e. The Morgan fingerprint density at radius 1 is 0.306 bits per heavy atom. The molecule has 0 radical (unpaired) electrons. The largest absolute Gasteiger partial charge is 0.456 e. The van der Waals surface area contributed by atoms with Crippen LogP contribution < -0.4 is 0 Å². The Kier molecular flexibility index (Phi) is 6.15. The highest BCUT2D eigenvalue weighted by atomic mass is 16.3. The first kappa shape index (κ1) is 27.5. The van der Waals surface area contributed by atoms with Crippen molar-refractivity contribution in [1.29, 1.82) is 0 Å². The topological polar surface area (TPSA) is 51.8 Å². The van der Waals surface area contributed by atoms with Gasteiger partial charge in [0.25, 0.3) is 0 Å². The molecule has 0 unspecified atom stereocenters. The Morgan fingerprint density at radius 3 is 1.49 bits per heavy atom. The summed E-state index contributed by atoms with van der Waals surface area (Å²) in [7, 11) is 0. The van der Waals surface area contributed by atoms with Crippen molar-refractivity contribution < 1.29 is 4.42 Å². The summed E-state index contributed by atoms with van der Waals surface area (Å²) in [5, 5.41) is 9.21. The van der Waals surface area contributed by atoms with Crippen LogP contribution in [0.1, 0.15) is 0 Å². The molecule has 0 fully saturated rings. The Hall–Kier alpha value is -6.65. The van der Waals surface area contributed by atoms with Crippen LogP contribution in [0.5, 0.6) is 0 Å². The Labute approximate surface area is 282 Å². The zero-order chi connectivity index (χ0) is 32.3. The Balaban J connectivity index is 1.37. The van der Waals surface area contributed by atoms with E-state index in [9.17, 15) is 0 Å². The molecule has 0 saturated carbocycles. The van der Waals surface area contributed by atoms with Crippen LogP contribution in [0.2, 0.25) is 0 Å². The average Bonchev–Trinajstić information content (AvgIpc) is 3.57. The predicted octanol–water partition coefficient (Wildman–Crippen LogP) is 11.9. The molecule has 0 aliphatic carbocycles. The molecule has 0 aliphatic rings. The molecule has 0 spiro atoms. The van der Waals surface area contributed by atoms with Gasteiger partial charge in [-0.3, -0.25) is 0 Å². The van der Waals surface area contributed by atoms with E-state index in [1.165, 1.54) is 16.2 Å².